The monoisotopic (exact) mass is 233 g/mol. The van der Waals surface area contributed by atoms with E-state index in [4.69, 9.17) is 5.73 Å². The number of anilines is 2. The maximum atomic E-state index is 5.69. The van der Waals surface area contributed by atoms with Crippen molar-refractivity contribution in [3.05, 3.63) is 24.3 Å². The Labute approximate surface area is 104 Å². The quantitative estimate of drug-likeness (QED) is 0.864. The Bertz CT molecular complexity index is 341. The Morgan fingerprint density at radius 2 is 1.82 bits per heavy atom. The third kappa shape index (κ3) is 2.72. The second-order valence-electron chi connectivity index (χ2n) is 4.91. The van der Waals surface area contributed by atoms with Gasteiger partial charge in [0.2, 0.25) is 0 Å². The molecule has 3 heteroatoms. The summed E-state index contributed by atoms with van der Waals surface area (Å²) >= 11 is 0. The maximum Gasteiger partial charge on any atom is 0.0380 e. The highest BCUT2D eigenvalue weighted by molar-refractivity contribution is 5.56. The minimum Gasteiger partial charge on any atom is -0.372 e. The molecule has 1 saturated heterocycles. The summed E-state index contributed by atoms with van der Waals surface area (Å²) in [6.07, 6.45) is 2.65. The summed E-state index contributed by atoms with van der Waals surface area (Å²) in [6, 6.07) is 9.22. The van der Waals surface area contributed by atoms with Crippen LogP contribution in [-0.2, 0) is 0 Å². The molecular formula is C14H23N3. The predicted octanol–water partition coefficient (Wildman–Crippen LogP) is 2.07. The van der Waals surface area contributed by atoms with Gasteiger partial charge in [0.25, 0.3) is 0 Å². The van der Waals surface area contributed by atoms with Gasteiger partial charge in [-0.2, -0.15) is 0 Å². The molecule has 1 aliphatic rings. The van der Waals surface area contributed by atoms with E-state index in [1.54, 1.807) is 0 Å². The number of benzene rings is 1. The molecule has 1 atom stereocenters. The number of rotatable bonds is 4. The van der Waals surface area contributed by atoms with Crippen LogP contribution < -0.4 is 15.5 Å². The number of nitrogens with zero attached hydrogens (tertiary/aromatic N) is 2. The fraction of sp³-hybridized carbons (Fsp3) is 0.571. The lowest BCUT2D eigenvalue weighted by Crippen LogP contribution is -2.35. The molecule has 0 bridgehead atoms. The molecule has 3 nitrogen and oxygen atoms in total. The average Bonchev–Trinajstić information content (AvgIpc) is 2.91. The molecule has 0 spiro atoms. The van der Waals surface area contributed by atoms with Crippen LogP contribution in [0.15, 0.2) is 24.3 Å². The molecule has 1 fully saturated rings. The molecule has 0 radical (unpaired) electrons. The van der Waals surface area contributed by atoms with Gasteiger partial charge in [-0.3, -0.25) is 0 Å². The first kappa shape index (κ1) is 12.2. The van der Waals surface area contributed by atoms with Crippen molar-refractivity contribution in [2.45, 2.75) is 25.8 Å². The third-order valence-corrected chi connectivity index (χ3v) is 3.73. The highest BCUT2D eigenvalue weighted by Crippen LogP contribution is 2.23. The number of nitrogens with two attached hydrogens (primary N) is 1. The fourth-order valence-electron chi connectivity index (χ4n) is 2.29. The van der Waals surface area contributed by atoms with E-state index in [1.165, 1.54) is 37.3 Å². The van der Waals surface area contributed by atoms with Crippen LogP contribution in [0.5, 0.6) is 0 Å². The van der Waals surface area contributed by atoms with Crippen molar-refractivity contribution in [3.8, 4) is 0 Å². The van der Waals surface area contributed by atoms with Gasteiger partial charge in [0.15, 0.2) is 0 Å². The zero-order valence-electron chi connectivity index (χ0n) is 10.9. The van der Waals surface area contributed by atoms with Crippen LogP contribution in [0.25, 0.3) is 0 Å². The van der Waals surface area contributed by atoms with Gasteiger partial charge in [0, 0.05) is 44.1 Å². The Morgan fingerprint density at radius 3 is 2.35 bits per heavy atom. The van der Waals surface area contributed by atoms with Gasteiger partial charge >= 0.3 is 0 Å². The van der Waals surface area contributed by atoms with Crippen molar-refractivity contribution >= 4 is 11.4 Å². The molecule has 0 amide bonds. The molecule has 2 rings (SSSR count). The Hall–Kier alpha value is -1.22. The van der Waals surface area contributed by atoms with E-state index in [9.17, 15) is 0 Å². The van der Waals surface area contributed by atoms with Gasteiger partial charge in [-0.05, 0) is 44.0 Å². The van der Waals surface area contributed by atoms with Gasteiger partial charge in [0.05, 0.1) is 0 Å². The molecule has 1 aliphatic heterocycles. The van der Waals surface area contributed by atoms with Gasteiger partial charge in [-0.1, -0.05) is 0 Å². The van der Waals surface area contributed by atoms with E-state index in [2.05, 4.69) is 48.0 Å². The largest absolute Gasteiger partial charge is 0.372 e. The van der Waals surface area contributed by atoms with Gasteiger partial charge in [-0.25, -0.2) is 0 Å². The second kappa shape index (κ2) is 5.41. The highest BCUT2D eigenvalue weighted by Gasteiger charge is 2.13. The summed E-state index contributed by atoms with van der Waals surface area (Å²) < 4.78 is 0. The molecule has 1 unspecified atom stereocenters. The summed E-state index contributed by atoms with van der Waals surface area (Å²) in [5.74, 6) is 0. The van der Waals surface area contributed by atoms with Crippen LogP contribution in [0.3, 0.4) is 0 Å². The summed E-state index contributed by atoms with van der Waals surface area (Å²) in [5, 5.41) is 0. The maximum absolute atomic E-state index is 5.69. The Balaban J connectivity index is 2.06. The van der Waals surface area contributed by atoms with Crippen LogP contribution >= 0.6 is 0 Å². The predicted molar refractivity (Wildman–Crippen MR) is 74.8 cm³/mol. The summed E-state index contributed by atoms with van der Waals surface area (Å²) in [5.41, 5.74) is 8.28. The van der Waals surface area contributed by atoms with E-state index >= 15 is 0 Å². The van der Waals surface area contributed by atoms with Crippen molar-refractivity contribution in [2.75, 3.05) is 36.5 Å². The van der Waals surface area contributed by atoms with Crippen molar-refractivity contribution < 1.29 is 0 Å². The van der Waals surface area contributed by atoms with E-state index in [-0.39, 0.29) is 0 Å². The highest BCUT2D eigenvalue weighted by atomic mass is 15.2. The smallest absolute Gasteiger partial charge is 0.0380 e. The van der Waals surface area contributed by atoms with E-state index < -0.39 is 0 Å². The van der Waals surface area contributed by atoms with Gasteiger partial charge in [-0.15, -0.1) is 0 Å². The summed E-state index contributed by atoms with van der Waals surface area (Å²) in [4.78, 5) is 4.68. The zero-order chi connectivity index (χ0) is 12.3. The van der Waals surface area contributed by atoms with Gasteiger partial charge in [0.1, 0.15) is 0 Å². The number of hydrogen-bond acceptors (Lipinski definition) is 3. The molecule has 1 heterocycles. The van der Waals surface area contributed by atoms with Crippen LogP contribution in [0, 0.1) is 0 Å². The molecule has 1 aromatic carbocycles. The van der Waals surface area contributed by atoms with Crippen LogP contribution in [-0.4, -0.2) is 32.7 Å². The van der Waals surface area contributed by atoms with Crippen molar-refractivity contribution in [1.29, 1.82) is 0 Å². The lowest BCUT2D eigenvalue weighted by Gasteiger charge is -2.26. The second-order valence-corrected chi connectivity index (χ2v) is 4.91. The van der Waals surface area contributed by atoms with Crippen molar-refractivity contribution in [2.24, 2.45) is 5.73 Å². The summed E-state index contributed by atoms with van der Waals surface area (Å²) in [6.45, 7) is 5.24. The molecule has 0 aliphatic carbocycles. The van der Waals surface area contributed by atoms with Crippen molar-refractivity contribution in [3.63, 3.8) is 0 Å². The SMILES string of the molecule is CC(CN)N(C)c1ccc(N2CCCC2)cc1. The third-order valence-electron chi connectivity index (χ3n) is 3.73. The number of likely N-dealkylation sites (N-methyl/N-ethyl adjacent to an activating group) is 1. The lowest BCUT2D eigenvalue weighted by molar-refractivity contribution is 0.695. The molecule has 0 aromatic heterocycles. The molecule has 2 N–H and O–H groups in total. The minimum atomic E-state index is 0.382. The van der Waals surface area contributed by atoms with Gasteiger partial charge < -0.3 is 15.5 Å². The summed E-state index contributed by atoms with van der Waals surface area (Å²) in [7, 11) is 2.10. The van der Waals surface area contributed by atoms with Crippen LogP contribution in [0.1, 0.15) is 19.8 Å². The average molecular weight is 233 g/mol. The molecular weight excluding hydrogens is 210 g/mol. The first-order valence-electron chi connectivity index (χ1n) is 6.50. The van der Waals surface area contributed by atoms with E-state index in [0.29, 0.717) is 12.6 Å². The molecule has 94 valence electrons. The fourth-order valence-corrected chi connectivity index (χ4v) is 2.29. The van der Waals surface area contributed by atoms with E-state index in [0.717, 1.165) is 0 Å². The normalized spacial score (nSPS) is 17.2. The first-order chi connectivity index (χ1) is 8.22. The molecule has 0 saturated carbocycles. The zero-order valence-corrected chi connectivity index (χ0v) is 10.9. The minimum absolute atomic E-state index is 0.382. The van der Waals surface area contributed by atoms with E-state index in [1.807, 2.05) is 0 Å². The molecule has 17 heavy (non-hydrogen) atoms. The van der Waals surface area contributed by atoms with Crippen molar-refractivity contribution in [1.82, 2.24) is 0 Å². The first-order valence-corrected chi connectivity index (χ1v) is 6.50. The van der Waals surface area contributed by atoms with Crippen LogP contribution in [0.2, 0.25) is 0 Å². The lowest BCUT2D eigenvalue weighted by atomic mass is 10.2. The van der Waals surface area contributed by atoms with Crippen LogP contribution in [0.4, 0.5) is 11.4 Å². The number of hydrogen-bond donors (Lipinski definition) is 1. The Morgan fingerprint density at radius 1 is 1.24 bits per heavy atom. The standard InChI is InChI=1S/C14H23N3/c1-12(11-15)16(2)13-5-7-14(8-6-13)17-9-3-4-10-17/h5-8,12H,3-4,9-11,15H2,1-2H3. The topological polar surface area (TPSA) is 32.5 Å². The molecule has 1 aromatic rings. The Kier molecular flexibility index (Phi) is 3.89.